The van der Waals surface area contributed by atoms with Crippen molar-refractivity contribution >= 4 is 0 Å². The van der Waals surface area contributed by atoms with E-state index < -0.39 is 0 Å². The van der Waals surface area contributed by atoms with Gasteiger partial charge in [0, 0.05) is 38.4 Å². The van der Waals surface area contributed by atoms with Gasteiger partial charge in [-0.3, -0.25) is 9.58 Å². The standard InChI is InChI=1S/C13H23N3O/c1-5-13-11(6-15(4)14-13)7-16-8-12(9-16)17-10(2)3/h6,10,12H,5,7-9H2,1-4H3. The summed E-state index contributed by atoms with van der Waals surface area (Å²) in [4.78, 5) is 2.42. The molecule has 1 saturated heterocycles. The van der Waals surface area contributed by atoms with E-state index in [1.165, 1.54) is 11.3 Å². The molecule has 1 aliphatic heterocycles. The Hall–Kier alpha value is -0.870. The third kappa shape index (κ3) is 3.07. The van der Waals surface area contributed by atoms with Gasteiger partial charge >= 0.3 is 0 Å². The van der Waals surface area contributed by atoms with Crippen molar-refractivity contribution in [3.05, 3.63) is 17.5 Å². The lowest BCUT2D eigenvalue weighted by Gasteiger charge is -2.39. The fourth-order valence-corrected chi connectivity index (χ4v) is 2.38. The summed E-state index contributed by atoms with van der Waals surface area (Å²) in [6, 6.07) is 0. The Labute approximate surface area is 104 Å². The van der Waals surface area contributed by atoms with Crippen molar-refractivity contribution in [1.82, 2.24) is 14.7 Å². The van der Waals surface area contributed by atoms with Crippen LogP contribution in [0.3, 0.4) is 0 Å². The number of ether oxygens (including phenoxy) is 1. The Morgan fingerprint density at radius 1 is 1.47 bits per heavy atom. The molecule has 17 heavy (non-hydrogen) atoms. The van der Waals surface area contributed by atoms with E-state index in [9.17, 15) is 0 Å². The number of hydrogen-bond donors (Lipinski definition) is 0. The van der Waals surface area contributed by atoms with Crippen molar-refractivity contribution < 1.29 is 4.74 Å². The summed E-state index contributed by atoms with van der Waals surface area (Å²) in [5.41, 5.74) is 2.58. The highest BCUT2D eigenvalue weighted by atomic mass is 16.5. The predicted octanol–water partition coefficient (Wildman–Crippen LogP) is 1.59. The van der Waals surface area contributed by atoms with E-state index in [1.54, 1.807) is 0 Å². The fraction of sp³-hybridized carbons (Fsp3) is 0.769. The molecule has 96 valence electrons. The minimum absolute atomic E-state index is 0.340. The largest absolute Gasteiger partial charge is 0.373 e. The molecule has 0 bridgehead atoms. The first kappa shape index (κ1) is 12.6. The highest BCUT2D eigenvalue weighted by Gasteiger charge is 2.28. The second kappa shape index (κ2) is 5.19. The predicted molar refractivity (Wildman–Crippen MR) is 67.9 cm³/mol. The van der Waals surface area contributed by atoms with Gasteiger partial charge in [-0.15, -0.1) is 0 Å². The molecule has 1 aliphatic rings. The molecule has 0 aromatic carbocycles. The number of aryl methyl sites for hydroxylation is 2. The molecule has 1 aromatic heterocycles. The number of aromatic nitrogens is 2. The summed E-state index contributed by atoms with van der Waals surface area (Å²) in [7, 11) is 1.99. The summed E-state index contributed by atoms with van der Waals surface area (Å²) in [6.45, 7) is 9.46. The van der Waals surface area contributed by atoms with Crippen LogP contribution in [0.15, 0.2) is 6.20 Å². The van der Waals surface area contributed by atoms with Gasteiger partial charge in [-0.2, -0.15) is 5.10 Å². The first-order chi connectivity index (χ1) is 8.08. The molecule has 2 heterocycles. The average Bonchev–Trinajstić information content (AvgIpc) is 2.55. The zero-order valence-electron chi connectivity index (χ0n) is 11.3. The van der Waals surface area contributed by atoms with Gasteiger partial charge in [-0.05, 0) is 20.3 Å². The zero-order valence-corrected chi connectivity index (χ0v) is 11.3. The Kier molecular flexibility index (Phi) is 3.84. The van der Waals surface area contributed by atoms with Crippen molar-refractivity contribution in [2.75, 3.05) is 13.1 Å². The number of likely N-dealkylation sites (tertiary alicyclic amines) is 1. The summed E-state index contributed by atoms with van der Waals surface area (Å²) in [5.74, 6) is 0. The van der Waals surface area contributed by atoms with Crippen LogP contribution in [0.4, 0.5) is 0 Å². The maximum Gasteiger partial charge on any atom is 0.0832 e. The van der Waals surface area contributed by atoms with Crippen molar-refractivity contribution in [1.29, 1.82) is 0 Å². The van der Waals surface area contributed by atoms with Crippen LogP contribution >= 0.6 is 0 Å². The summed E-state index contributed by atoms with van der Waals surface area (Å²) >= 11 is 0. The first-order valence-corrected chi connectivity index (χ1v) is 6.47. The van der Waals surface area contributed by atoms with Crippen LogP contribution in [0.25, 0.3) is 0 Å². The van der Waals surface area contributed by atoms with Gasteiger partial charge in [0.2, 0.25) is 0 Å². The minimum atomic E-state index is 0.340. The van der Waals surface area contributed by atoms with Crippen LogP contribution in [0.2, 0.25) is 0 Å². The van der Waals surface area contributed by atoms with Gasteiger partial charge in [0.15, 0.2) is 0 Å². The van der Waals surface area contributed by atoms with E-state index in [1.807, 2.05) is 11.7 Å². The summed E-state index contributed by atoms with van der Waals surface area (Å²) in [5, 5.41) is 4.47. The smallest absolute Gasteiger partial charge is 0.0832 e. The lowest BCUT2D eigenvalue weighted by atomic mass is 10.1. The van der Waals surface area contributed by atoms with Crippen molar-refractivity contribution in [2.24, 2.45) is 7.05 Å². The van der Waals surface area contributed by atoms with Gasteiger partial charge in [0.25, 0.3) is 0 Å². The van der Waals surface area contributed by atoms with E-state index in [2.05, 4.69) is 37.0 Å². The summed E-state index contributed by atoms with van der Waals surface area (Å²) < 4.78 is 7.67. The van der Waals surface area contributed by atoms with Gasteiger partial charge in [-0.25, -0.2) is 0 Å². The van der Waals surface area contributed by atoms with Crippen LogP contribution in [0.1, 0.15) is 32.0 Å². The van der Waals surface area contributed by atoms with Crippen LogP contribution in [-0.2, 0) is 24.8 Å². The molecule has 0 aliphatic carbocycles. The second-order valence-corrected chi connectivity index (χ2v) is 5.13. The van der Waals surface area contributed by atoms with Crippen molar-refractivity contribution in [3.8, 4) is 0 Å². The van der Waals surface area contributed by atoms with Crippen LogP contribution < -0.4 is 0 Å². The molecule has 4 nitrogen and oxygen atoms in total. The molecule has 0 N–H and O–H groups in total. The topological polar surface area (TPSA) is 30.3 Å². The quantitative estimate of drug-likeness (QED) is 0.779. The Morgan fingerprint density at radius 3 is 2.76 bits per heavy atom. The van der Waals surface area contributed by atoms with Gasteiger partial charge in [0.05, 0.1) is 17.9 Å². The maximum atomic E-state index is 5.75. The highest BCUT2D eigenvalue weighted by molar-refractivity contribution is 5.17. The zero-order chi connectivity index (χ0) is 12.4. The molecule has 0 amide bonds. The molecular weight excluding hydrogens is 214 g/mol. The van der Waals surface area contributed by atoms with E-state index >= 15 is 0 Å². The third-order valence-corrected chi connectivity index (χ3v) is 3.11. The molecular formula is C13H23N3O. The lowest BCUT2D eigenvalue weighted by Crippen LogP contribution is -2.52. The van der Waals surface area contributed by atoms with E-state index in [4.69, 9.17) is 4.74 Å². The Bertz CT molecular complexity index is 367. The molecule has 2 rings (SSSR count). The highest BCUT2D eigenvalue weighted by Crippen LogP contribution is 2.18. The van der Waals surface area contributed by atoms with Crippen LogP contribution in [0.5, 0.6) is 0 Å². The number of rotatable bonds is 5. The maximum absolute atomic E-state index is 5.75. The second-order valence-electron chi connectivity index (χ2n) is 5.13. The van der Waals surface area contributed by atoms with Crippen LogP contribution in [0, 0.1) is 0 Å². The number of hydrogen-bond acceptors (Lipinski definition) is 3. The Balaban J connectivity index is 1.83. The SMILES string of the molecule is CCc1nn(C)cc1CN1CC(OC(C)C)C1. The van der Waals surface area contributed by atoms with E-state index in [-0.39, 0.29) is 0 Å². The lowest BCUT2D eigenvalue weighted by molar-refractivity contribution is -0.0834. The van der Waals surface area contributed by atoms with Gasteiger partial charge in [-0.1, -0.05) is 6.92 Å². The molecule has 0 radical (unpaired) electrons. The first-order valence-electron chi connectivity index (χ1n) is 6.47. The Morgan fingerprint density at radius 2 is 2.18 bits per heavy atom. The van der Waals surface area contributed by atoms with Gasteiger partial charge < -0.3 is 4.74 Å². The molecule has 0 atom stereocenters. The van der Waals surface area contributed by atoms with E-state index in [0.717, 1.165) is 26.1 Å². The van der Waals surface area contributed by atoms with Crippen molar-refractivity contribution in [3.63, 3.8) is 0 Å². The van der Waals surface area contributed by atoms with Gasteiger partial charge in [0.1, 0.15) is 0 Å². The third-order valence-electron chi connectivity index (χ3n) is 3.11. The number of nitrogens with zero attached hydrogens (tertiary/aromatic N) is 3. The normalized spacial score (nSPS) is 17.7. The van der Waals surface area contributed by atoms with Crippen LogP contribution in [-0.4, -0.2) is 40.0 Å². The molecule has 0 saturated carbocycles. The molecule has 4 heteroatoms. The summed E-state index contributed by atoms with van der Waals surface area (Å²) in [6.07, 6.45) is 3.91. The van der Waals surface area contributed by atoms with E-state index in [0.29, 0.717) is 12.2 Å². The molecule has 0 spiro atoms. The average molecular weight is 237 g/mol. The fourth-order valence-electron chi connectivity index (χ4n) is 2.38. The molecule has 1 fully saturated rings. The minimum Gasteiger partial charge on any atom is -0.373 e. The molecule has 0 unspecified atom stereocenters. The van der Waals surface area contributed by atoms with Crippen molar-refractivity contribution in [2.45, 2.75) is 45.9 Å². The molecule has 1 aromatic rings. The monoisotopic (exact) mass is 237 g/mol.